The van der Waals surface area contributed by atoms with Gasteiger partial charge in [-0.2, -0.15) is 0 Å². The minimum Gasteiger partial charge on any atom is -0.478 e. The molecule has 1 heterocycles. The van der Waals surface area contributed by atoms with Gasteiger partial charge < -0.3 is 10.0 Å². The van der Waals surface area contributed by atoms with E-state index in [0.717, 1.165) is 6.07 Å². The van der Waals surface area contributed by atoms with E-state index >= 15 is 0 Å². The molecule has 7 nitrogen and oxygen atoms in total. The van der Waals surface area contributed by atoms with Crippen molar-refractivity contribution in [3.05, 3.63) is 58.7 Å². The van der Waals surface area contributed by atoms with Crippen molar-refractivity contribution in [1.82, 2.24) is 4.90 Å². The summed E-state index contributed by atoms with van der Waals surface area (Å²) in [7, 11) is -2.29. The lowest BCUT2D eigenvalue weighted by Crippen LogP contribution is -2.34. The van der Waals surface area contributed by atoms with Crippen molar-refractivity contribution in [2.24, 2.45) is 0 Å². The summed E-state index contributed by atoms with van der Waals surface area (Å²) in [6, 6.07) is 8.83. The van der Waals surface area contributed by atoms with Gasteiger partial charge in [0, 0.05) is 19.2 Å². The molecule has 0 fully saturated rings. The fraction of sp³-hybridized carbons (Fsp3) is 0.222. The highest BCUT2D eigenvalue weighted by Gasteiger charge is 2.26. The number of hydrogen-bond acceptors (Lipinski definition) is 4. The van der Waals surface area contributed by atoms with Crippen LogP contribution in [0.2, 0.25) is 0 Å². The van der Waals surface area contributed by atoms with Crippen LogP contribution in [0.25, 0.3) is 0 Å². The number of benzene rings is 2. The zero-order chi connectivity index (χ0) is 19.1. The Balaban J connectivity index is 2.01. The lowest BCUT2D eigenvalue weighted by molar-refractivity contribution is 0.0695. The fourth-order valence-electron chi connectivity index (χ4n) is 2.94. The summed E-state index contributed by atoms with van der Waals surface area (Å²) >= 11 is 0. The first-order valence-corrected chi connectivity index (χ1v) is 9.43. The normalized spacial score (nSPS) is 14.1. The summed E-state index contributed by atoms with van der Waals surface area (Å²) in [6.07, 6.45) is 0.532. The van der Waals surface area contributed by atoms with E-state index in [9.17, 15) is 23.1 Å². The van der Waals surface area contributed by atoms with Gasteiger partial charge in [0.25, 0.3) is 15.9 Å². The van der Waals surface area contributed by atoms with Gasteiger partial charge in [0.1, 0.15) is 0 Å². The van der Waals surface area contributed by atoms with Gasteiger partial charge in [0.05, 0.1) is 16.1 Å². The van der Waals surface area contributed by atoms with Crippen molar-refractivity contribution in [3.8, 4) is 0 Å². The van der Waals surface area contributed by atoms with Gasteiger partial charge in [-0.25, -0.2) is 13.2 Å². The minimum absolute atomic E-state index is 0.0697. The van der Waals surface area contributed by atoms with Gasteiger partial charge in [0.15, 0.2) is 0 Å². The Morgan fingerprint density at radius 2 is 1.96 bits per heavy atom. The van der Waals surface area contributed by atoms with E-state index in [1.165, 1.54) is 12.1 Å². The summed E-state index contributed by atoms with van der Waals surface area (Å²) in [5.74, 6) is -1.35. The Morgan fingerprint density at radius 3 is 2.65 bits per heavy atom. The molecule has 0 aliphatic carbocycles. The number of sulfonamides is 1. The molecule has 2 aromatic carbocycles. The van der Waals surface area contributed by atoms with Crippen molar-refractivity contribution in [2.75, 3.05) is 18.3 Å². The van der Waals surface area contributed by atoms with E-state index in [1.807, 2.05) is 0 Å². The largest absolute Gasteiger partial charge is 0.478 e. The van der Waals surface area contributed by atoms with Crippen molar-refractivity contribution in [2.45, 2.75) is 18.2 Å². The molecule has 0 spiro atoms. The predicted molar refractivity (Wildman–Crippen MR) is 96.1 cm³/mol. The zero-order valence-electron chi connectivity index (χ0n) is 14.3. The number of amides is 1. The summed E-state index contributed by atoms with van der Waals surface area (Å²) in [6.45, 7) is 2.10. The van der Waals surface area contributed by atoms with Crippen LogP contribution >= 0.6 is 0 Å². The molecule has 1 aliphatic heterocycles. The Morgan fingerprint density at radius 1 is 1.23 bits per heavy atom. The number of rotatable bonds is 4. The SMILES string of the molecule is Cc1ccc(S(=O)(=O)Nc2cccc3c2CCN(C)C3=O)cc1C(=O)O. The second-order valence-corrected chi connectivity index (χ2v) is 7.88. The van der Waals surface area contributed by atoms with Crippen LogP contribution in [-0.4, -0.2) is 43.9 Å². The Bertz CT molecular complexity index is 1010. The fourth-order valence-corrected chi connectivity index (χ4v) is 4.06. The molecule has 2 N–H and O–H groups in total. The molecule has 1 amide bonds. The minimum atomic E-state index is -3.99. The van der Waals surface area contributed by atoms with E-state index in [1.54, 1.807) is 37.1 Å². The van der Waals surface area contributed by atoms with Crippen molar-refractivity contribution >= 4 is 27.6 Å². The summed E-state index contributed by atoms with van der Waals surface area (Å²) in [5, 5.41) is 9.20. The van der Waals surface area contributed by atoms with Gasteiger partial charge in [-0.05, 0) is 48.7 Å². The van der Waals surface area contributed by atoms with Crippen LogP contribution in [0.4, 0.5) is 5.69 Å². The Hall–Kier alpha value is -2.87. The third-order valence-corrected chi connectivity index (χ3v) is 5.81. The molecule has 3 rings (SSSR count). The molecule has 136 valence electrons. The zero-order valence-corrected chi connectivity index (χ0v) is 15.1. The molecule has 0 saturated heterocycles. The second kappa shape index (κ2) is 6.45. The molecule has 2 aromatic rings. The first-order valence-electron chi connectivity index (χ1n) is 7.95. The maximum atomic E-state index is 12.7. The van der Waals surface area contributed by atoms with Gasteiger partial charge in [-0.3, -0.25) is 9.52 Å². The van der Waals surface area contributed by atoms with Crippen LogP contribution in [0.5, 0.6) is 0 Å². The first kappa shape index (κ1) is 17.9. The Kier molecular flexibility index (Phi) is 4.45. The highest BCUT2D eigenvalue weighted by Crippen LogP contribution is 2.28. The molecule has 0 aromatic heterocycles. The number of carboxylic acids is 1. The molecule has 0 radical (unpaired) electrons. The van der Waals surface area contributed by atoms with E-state index in [2.05, 4.69) is 4.72 Å². The molecule has 1 aliphatic rings. The molecule has 0 unspecified atom stereocenters. The van der Waals surface area contributed by atoms with Gasteiger partial charge >= 0.3 is 5.97 Å². The quantitative estimate of drug-likeness (QED) is 0.853. The number of anilines is 1. The van der Waals surface area contributed by atoms with E-state index in [0.29, 0.717) is 35.3 Å². The van der Waals surface area contributed by atoms with Crippen LogP contribution in [0.3, 0.4) is 0 Å². The van der Waals surface area contributed by atoms with Crippen LogP contribution in [-0.2, 0) is 16.4 Å². The number of carbonyl (C=O) groups is 2. The predicted octanol–water partition coefficient (Wildman–Crippen LogP) is 2.12. The number of nitrogens with one attached hydrogen (secondary N) is 1. The maximum absolute atomic E-state index is 12.7. The van der Waals surface area contributed by atoms with Gasteiger partial charge in [-0.15, -0.1) is 0 Å². The number of carbonyl (C=O) groups excluding carboxylic acids is 1. The average Bonchev–Trinajstić information content (AvgIpc) is 2.58. The van der Waals surface area contributed by atoms with Gasteiger partial charge in [-0.1, -0.05) is 12.1 Å². The number of aryl methyl sites for hydroxylation is 1. The van der Waals surface area contributed by atoms with Gasteiger partial charge in [0.2, 0.25) is 0 Å². The van der Waals surface area contributed by atoms with Crippen LogP contribution in [0, 0.1) is 6.92 Å². The molecule has 0 atom stereocenters. The third kappa shape index (κ3) is 3.15. The van der Waals surface area contributed by atoms with Crippen LogP contribution < -0.4 is 4.72 Å². The van der Waals surface area contributed by atoms with E-state index in [-0.39, 0.29) is 16.4 Å². The number of carboxylic acid groups (broad SMARTS) is 1. The molecular weight excluding hydrogens is 356 g/mol. The molecule has 26 heavy (non-hydrogen) atoms. The van der Waals surface area contributed by atoms with E-state index in [4.69, 9.17) is 0 Å². The number of nitrogens with zero attached hydrogens (tertiary/aromatic N) is 1. The number of fused-ring (bicyclic) bond motifs is 1. The van der Waals surface area contributed by atoms with E-state index < -0.39 is 16.0 Å². The average molecular weight is 374 g/mol. The summed E-state index contributed by atoms with van der Waals surface area (Å²) in [5.41, 5.74) is 1.85. The van der Waals surface area contributed by atoms with Crippen LogP contribution in [0.1, 0.15) is 31.8 Å². The van der Waals surface area contributed by atoms with Crippen LogP contribution in [0.15, 0.2) is 41.3 Å². The number of hydrogen-bond donors (Lipinski definition) is 2. The molecule has 0 bridgehead atoms. The highest BCUT2D eigenvalue weighted by atomic mass is 32.2. The smallest absolute Gasteiger partial charge is 0.335 e. The second-order valence-electron chi connectivity index (χ2n) is 6.20. The monoisotopic (exact) mass is 374 g/mol. The maximum Gasteiger partial charge on any atom is 0.335 e. The lowest BCUT2D eigenvalue weighted by Gasteiger charge is -2.26. The summed E-state index contributed by atoms with van der Waals surface area (Å²) < 4.78 is 27.9. The highest BCUT2D eigenvalue weighted by molar-refractivity contribution is 7.92. The standard InChI is InChI=1S/C18H18N2O5S/c1-11-6-7-12(10-15(11)18(22)23)26(24,25)19-16-5-3-4-14-13(16)8-9-20(2)17(14)21/h3-7,10,19H,8-9H2,1-2H3,(H,22,23). The van der Waals surface area contributed by atoms with Crippen molar-refractivity contribution in [1.29, 1.82) is 0 Å². The number of likely N-dealkylation sites (N-methyl/N-ethyl adjacent to an activating group) is 1. The lowest BCUT2D eigenvalue weighted by atomic mass is 9.98. The number of aromatic carboxylic acids is 1. The third-order valence-electron chi connectivity index (χ3n) is 4.44. The Labute approximate surface area is 151 Å². The van der Waals surface area contributed by atoms with Crippen molar-refractivity contribution < 1.29 is 23.1 Å². The topological polar surface area (TPSA) is 104 Å². The van der Waals surface area contributed by atoms with Crippen molar-refractivity contribution in [3.63, 3.8) is 0 Å². The summed E-state index contributed by atoms with van der Waals surface area (Å²) in [4.78, 5) is 24.9. The molecular formula is C18H18N2O5S. The molecule has 8 heteroatoms. The first-order chi connectivity index (χ1) is 12.2. The molecule has 0 saturated carbocycles.